The molecule has 0 saturated carbocycles. The Balaban J connectivity index is 1.60. The fraction of sp³-hybridized carbons (Fsp3) is 0.609. The van der Waals surface area contributed by atoms with Crippen molar-refractivity contribution in [3.8, 4) is 0 Å². The molecule has 180 valence electrons. The van der Waals surface area contributed by atoms with Crippen LogP contribution in [0.3, 0.4) is 0 Å². The van der Waals surface area contributed by atoms with E-state index in [0.717, 1.165) is 17.8 Å². The molecular formula is C23H35FN8O. The van der Waals surface area contributed by atoms with Gasteiger partial charge < -0.3 is 20.0 Å². The van der Waals surface area contributed by atoms with Crippen molar-refractivity contribution >= 4 is 23.4 Å². The highest BCUT2D eigenvalue weighted by atomic mass is 19.1. The highest BCUT2D eigenvalue weighted by Gasteiger charge is 2.47. The van der Waals surface area contributed by atoms with Gasteiger partial charge in [0.1, 0.15) is 5.82 Å². The lowest BCUT2D eigenvalue weighted by Crippen LogP contribution is -2.65. The molecule has 0 unspecified atom stereocenters. The number of aromatic amines is 1. The van der Waals surface area contributed by atoms with E-state index >= 15 is 0 Å². The lowest BCUT2D eigenvalue weighted by Gasteiger charge is -2.50. The van der Waals surface area contributed by atoms with E-state index in [1.165, 1.54) is 6.20 Å². The number of urea groups is 1. The first-order chi connectivity index (χ1) is 15.3. The Morgan fingerprint density at radius 3 is 2.67 bits per heavy atom. The summed E-state index contributed by atoms with van der Waals surface area (Å²) in [5.74, 6) is 0.695. The Hall–Kier alpha value is -2.88. The molecular weight excluding hydrogens is 423 g/mol. The number of H-pyrrole nitrogens is 1. The average Bonchev–Trinajstić information content (AvgIpc) is 3.24. The van der Waals surface area contributed by atoms with Crippen LogP contribution in [0, 0.1) is 5.82 Å². The first-order valence-corrected chi connectivity index (χ1v) is 11.3. The number of piperazine rings is 1. The van der Waals surface area contributed by atoms with Crippen LogP contribution in [-0.2, 0) is 12.1 Å². The summed E-state index contributed by atoms with van der Waals surface area (Å²) in [5.41, 5.74) is 1.36. The molecule has 9 nitrogen and oxygen atoms in total. The van der Waals surface area contributed by atoms with Gasteiger partial charge in [-0.15, -0.1) is 0 Å². The highest BCUT2D eigenvalue weighted by Crippen LogP contribution is 2.42. The third-order valence-corrected chi connectivity index (χ3v) is 7.16. The summed E-state index contributed by atoms with van der Waals surface area (Å²) in [6.07, 6.45) is 1.20. The predicted molar refractivity (Wildman–Crippen MR) is 127 cm³/mol. The molecule has 4 heterocycles. The summed E-state index contributed by atoms with van der Waals surface area (Å²) in [6.45, 7) is 12.3. The smallest absolute Gasteiger partial charge is 0.321 e. The molecule has 0 aliphatic carbocycles. The van der Waals surface area contributed by atoms with E-state index in [2.05, 4.69) is 53.2 Å². The van der Waals surface area contributed by atoms with Crippen molar-refractivity contribution in [2.24, 2.45) is 0 Å². The van der Waals surface area contributed by atoms with Crippen molar-refractivity contribution in [1.82, 2.24) is 29.9 Å². The Labute approximate surface area is 194 Å². The fourth-order valence-electron chi connectivity index (χ4n) is 4.67. The zero-order valence-corrected chi connectivity index (χ0v) is 20.8. The van der Waals surface area contributed by atoms with E-state index in [1.54, 1.807) is 6.07 Å². The highest BCUT2D eigenvalue weighted by molar-refractivity contribution is 5.78. The van der Waals surface area contributed by atoms with Gasteiger partial charge in [0, 0.05) is 50.4 Å². The maximum atomic E-state index is 14.5. The van der Waals surface area contributed by atoms with Crippen LogP contribution in [0.4, 0.5) is 26.5 Å². The summed E-state index contributed by atoms with van der Waals surface area (Å²) >= 11 is 0. The van der Waals surface area contributed by atoms with Gasteiger partial charge in [-0.25, -0.2) is 14.2 Å². The fourth-order valence-corrected chi connectivity index (χ4v) is 4.67. The molecule has 2 amide bonds. The van der Waals surface area contributed by atoms with E-state index in [4.69, 9.17) is 0 Å². The minimum Gasteiger partial charge on any atom is -0.363 e. The standard InChI is InChI=1S/C23H35FN8O/c1-14-11-30(8)22(2,3)13-31(14)21(33)32-12-15-19(23(32,4)5)27-28-20(15)26-17-9-18(29(6)7)25-10-16(17)24/h9-10,14H,11-13H2,1-8H3,(H2,25,26,27,28)/t14-/m0/s1. The van der Waals surface area contributed by atoms with Gasteiger partial charge in [-0.05, 0) is 41.7 Å². The van der Waals surface area contributed by atoms with E-state index in [0.29, 0.717) is 30.4 Å². The minimum atomic E-state index is -0.571. The number of nitrogens with one attached hydrogen (secondary N) is 2. The van der Waals surface area contributed by atoms with E-state index in [1.807, 2.05) is 42.6 Å². The number of fused-ring (bicyclic) bond motifs is 1. The largest absolute Gasteiger partial charge is 0.363 e. The lowest BCUT2D eigenvalue weighted by molar-refractivity contribution is 0.00695. The molecule has 0 radical (unpaired) electrons. The zero-order valence-electron chi connectivity index (χ0n) is 20.8. The van der Waals surface area contributed by atoms with Crippen molar-refractivity contribution in [3.63, 3.8) is 0 Å². The average molecular weight is 459 g/mol. The first kappa shape index (κ1) is 23.3. The first-order valence-electron chi connectivity index (χ1n) is 11.3. The monoisotopic (exact) mass is 458 g/mol. The van der Waals surface area contributed by atoms with E-state index in [9.17, 15) is 9.18 Å². The maximum Gasteiger partial charge on any atom is 0.321 e. The number of anilines is 3. The Morgan fingerprint density at radius 2 is 2.00 bits per heavy atom. The number of halogens is 1. The second-order valence-electron chi connectivity index (χ2n) is 10.6. The van der Waals surface area contributed by atoms with E-state index < -0.39 is 11.4 Å². The lowest BCUT2D eigenvalue weighted by atomic mass is 9.96. The zero-order chi connectivity index (χ0) is 24.3. The summed E-state index contributed by atoms with van der Waals surface area (Å²) in [5, 5.41) is 10.6. The Kier molecular flexibility index (Phi) is 5.55. The molecule has 4 rings (SSSR count). The number of hydrogen-bond donors (Lipinski definition) is 2. The van der Waals surface area contributed by atoms with Crippen LogP contribution in [0.2, 0.25) is 0 Å². The third-order valence-electron chi connectivity index (χ3n) is 7.16. The van der Waals surface area contributed by atoms with Gasteiger partial charge in [-0.2, -0.15) is 5.10 Å². The van der Waals surface area contributed by atoms with Gasteiger partial charge >= 0.3 is 6.03 Å². The second-order valence-corrected chi connectivity index (χ2v) is 10.6. The van der Waals surface area contributed by atoms with Crippen LogP contribution in [0.5, 0.6) is 0 Å². The Morgan fingerprint density at radius 1 is 1.30 bits per heavy atom. The van der Waals surface area contributed by atoms with Crippen molar-refractivity contribution in [3.05, 3.63) is 29.3 Å². The number of carbonyl (C=O) groups is 1. The molecule has 33 heavy (non-hydrogen) atoms. The number of hydrogen-bond acceptors (Lipinski definition) is 6. The van der Waals surface area contributed by atoms with Gasteiger partial charge in [-0.1, -0.05) is 0 Å². The molecule has 0 spiro atoms. The molecule has 1 atom stereocenters. The van der Waals surface area contributed by atoms with Gasteiger partial charge in [0.2, 0.25) is 0 Å². The number of aromatic nitrogens is 3. The Bertz CT molecular complexity index is 1060. The molecule has 0 aromatic carbocycles. The SMILES string of the molecule is C[C@H]1CN(C)C(C)(C)CN1C(=O)N1Cc2c(Nc3cc(N(C)C)ncc3F)n[nH]c2C1(C)C. The number of likely N-dealkylation sites (N-methyl/N-ethyl adjacent to an activating group) is 1. The van der Waals surface area contributed by atoms with Crippen LogP contribution in [0.15, 0.2) is 12.3 Å². The summed E-state index contributed by atoms with van der Waals surface area (Å²) in [6, 6.07) is 1.76. The molecule has 1 fully saturated rings. The maximum absolute atomic E-state index is 14.5. The molecule has 1 saturated heterocycles. The van der Waals surface area contributed by atoms with Crippen LogP contribution in [-0.4, -0.2) is 81.7 Å². The van der Waals surface area contributed by atoms with Crippen molar-refractivity contribution in [1.29, 1.82) is 0 Å². The number of amides is 2. The van der Waals surface area contributed by atoms with Crippen molar-refractivity contribution in [2.75, 3.05) is 44.4 Å². The predicted octanol–water partition coefficient (Wildman–Crippen LogP) is 3.34. The molecule has 2 aromatic heterocycles. The number of pyridine rings is 1. The van der Waals surface area contributed by atoms with Crippen LogP contribution >= 0.6 is 0 Å². The van der Waals surface area contributed by atoms with Gasteiger partial charge in [0.05, 0.1) is 29.7 Å². The van der Waals surface area contributed by atoms with Crippen molar-refractivity contribution < 1.29 is 9.18 Å². The molecule has 2 aromatic rings. The minimum absolute atomic E-state index is 0.00853. The molecule has 2 aliphatic heterocycles. The topological polar surface area (TPSA) is 83.6 Å². The molecule has 2 aliphatic rings. The van der Waals surface area contributed by atoms with Crippen LogP contribution in [0.1, 0.15) is 45.9 Å². The second kappa shape index (κ2) is 7.86. The van der Waals surface area contributed by atoms with Gasteiger partial charge in [-0.3, -0.25) is 10.00 Å². The van der Waals surface area contributed by atoms with Gasteiger partial charge in [0.15, 0.2) is 11.6 Å². The number of rotatable bonds is 3. The number of carbonyl (C=O) groups excluding carboxylic acids is 1. The quantitative estimate of drug-likeness (QED) is 0.734. The van der Waals surface area contributed by atoms with Crippen molar-refractivity contribution in [2.45, 2.75) is 58.3 Å². The summed E-state index contributed by atoms with van der Waals surface area (Å²) in [7, 11) is 5.80. The third kappa shape index (κ3) is 3.90. The molecule has 0 bridgehead atoms. The summed E-state index contributed by atoms with van der Waals surface area (Å²) < 4.78 is 14.5. The molecule has 2 N–H and O–H groups in total. The summed E-state index contributed by atoms with van der Waals surface area (Å²) in [4.78, 5) is 25.8. The van der Waals surface area contributed by atoms with Crippen LogP contribution < -0.4 is 10.2 Å². The van der Waals surface area contributed by atoms with Gasteiger partial charge in [0.25, 0.3) is 0 Å². The van der Waals surface area contributed by atoms with Crippen LogP contribution in [0.25, 0.3) is 0 Å². The molecule has 10 heteroatoms. The number of nitrogens with zero attached hydrogens (tertiary/aromatic N) is 6. The normalized spacial score (nSPS) is 21.8. The van der Waals surface area contributed by atoms with E-state index in [-0.39, 0.29) is 17.6 Å².